The van der Waals surface area contributed by atoms with Gasteiger partial charge in [-0.3, -0.25) is 9.59 Å². The molecule has 1 unspecified atom stereocenters. The fourth-order valence-corrected chi connectivity index (χ4v) is 4.35. The number of benzene rings is 2. The normalized spacial score (nSPS) is 15.2. The van der Waals surface area contributed by atoms with Crippen molar-refractivity contribution in [3.8, 4) is 11.5 Å². The summed E-state index contributed by atoms with van der Waals surface area (Å²) in [4.78, 5) is 25.4. The predicted molar refractivity (Wildman–Crippen MR) is 162 cm³/mol. The number of carbonyl (C=O) groups excluding carboxylic acids is 2. The van der Waals surface area contributed by atoms with E-state index in [1.54, 1.807) is 4.90 Å². The molecule has 0 aromatic heterocycles. The minimum Gasteiger partial charge on any atom is -0.494 e. The summed E-state index contributed by atoms with van der Waals surface area (Å²) in [5.41, 5.74) is 5.20. The second-order valence-electron chi connectivity index (χ2n) is 10.8. The van der Waals surface area contributed by atoms with Gasteiger partial charge < -0.3 is 14.4 Å². The smallest absolute Gasteiger partial charge is 0.227 e. The lowest BCUT2D eigenvalue weighted by atomic mass is 10.0. The Labute approximate surface area is 236 Å². The van der Waals surface area contributed by atoms with Crippen molar-refractivity contribution in [1.82, 2.24) is 0 Å². The van der Waals surface area contributed by atoms with E-state index in [9.17, 15) is 9.59 Å². The number of allylic oxidation sites excluding steroid dienone is 1. The second kappa shape index (κ2) is 16.1. The molecule has 1 amide bonds. The van der Waals surface area contributed by atoms with Gasteiger partial charge >= 0.3 is 0 Å². The molecule has 0 radical (unpaired) electrons. The SMILES string of the molecule is C=C1CCc2cc(OCCC(C)C)ccc2C(=O)C1.CC.CCC(C)COc1ccc2c(c1)CCC(=O)N2C. The lowest BCUT2D eigenvalue weighted by Gasteiger charge is -2.26. The van der Waals surface area contributed by atoms with Crippen molar-refractivity contribution < 1.29 is 19.1 Å². The largest absolute Gasteiger partial charge is 0.494 e. The first kappa shape index (κ1) is 32.1. The Morgan fingerprint density at radius 2 is 1.54 bits per heavy atom. The van der Waals surface area contributed by atoms with E-state index < -0.39 is 0 Å². The molecule has 5 heteroatoms. The molecule has 0 N–H and O–H groups in total. The first-order valence-electron chi connectivity index (χ1n) is 14.7. The van der Waals surface area contributed by atoms with Crippen molar-refractivity contribution in [2.45, 2.75) is 86.5 Å². The van der Waals surface area contributed by atoms with Crippen LogP contribution < -0.4 is 14.4 Å². The molecule has 2 aliphatic rings. The Balaban J connectivity index is 0.000000258. The van der Waals surface area contributed by atoms with E-state index in [1.165, 1.54) is 5.56 Å². The van der Waals surface area contributed by atoms with Gasteiger partial charge in [0.1, 0.15) is 11.5 Å². The zero-order valence-electron chi connectivity index (χ0n) is 25.3. The standard InChI is InChI=1S/C17H22O2.C15H21NO2.C2H6/c1-12(2)8-9-19-15-6-7-16-14(11-15)5-4-13(3)10-17(16)18;1-4-11(2)10-18-13-6-7-14-12(9-13)5-8-15(17)16(14)3;1-2/h6-7,11-12H,3-5,8-10H2,1-2H3;6-7,9,11H,4-5,8,10H2,1-3H3;1-2H3. The molecule has 2 aromatic carbocycles. The van der Waals surface area contributed by atoms with E-state index in [0.29, 0.717) is 24.7 Å². The van der Waals surface area contributed by atoms with E-state index in [2.05, 4.69) is 40.3 Å². The molecule has 1 atom stereocenters. The van der Waals surface area contributed by atoms with Crippen LogP contribution in [-0.4, -0.2) is 32.0 Å². The lowest BCUT2D eigenvalue weighted by Crippen LogP contribution is -2.31. The number of aryl methyl sites for hydroxylation is 2. The number of ether oxygens (including phenoxy) is 2. The number of anilines is 1. The van der Waals surface area contributed by atoms with Gasteiger partial charge in [-0.05, 0) is 85.0 Å². The highest BCUT2D eigenvalue weighted by atomic mass is 16.5. The van der Waals surface area contributed by atoms with Crippen LogP contribution in [0.25, 0.3) is 0 Å². The van der Waals surface area contributed by atoms with Gasteiger partial charge in [-0.25, -0.2) is 0 Å². The molecule has 1 aliphatic heterocycles. The molecule has 214 valence electrons. The summed E-state index contributed by atoms with van der Waals surface area (Å²) in [5.74, 6) is 3.38. The summed E-state index contributed by atoms with van der Waals surface area (Å²) in [5, 5.41) is 0. The molecular weight excluding hydrogens is 486 g/mol. The number of rotatable bonds is 8. The Morgan fingerprint density at radius 3 is 2.23 bits per heavy atom. The van der Waals surface area contributed by atoms with Gasteiger partial charge in [-0.15, -0.1) is 0 Å². The van der Waals surface area contributed by atoms with Crippen molar-refractivity contribution in [2.75, 3.05) is 25.2 Å². The Hall–Kier alpha value is -3.08. The molecule has 0 bridgehead atoms. The van der Waals surface area contributed by atoms with Crippen LogP contribution in [0.5, 0.6) is 11.5 Å². The fourth-order valence-electron chi connectivity index (χ4n) is 4.35. The molecule has 5 nitrogen and oxygen atoms in total. The van der Waals surface area contributed by atoms with Crippen molar-refractivity contribution >= 4 is 17.4 Å². The molecule has 0 fully saturated rings. The number of Topliss-reactive ketones (excluding diaryl/α,β-unsaturated/α-hetero) is 1. The zero-order chi connectivity index (χ0) is 28.9. The molecule has 1 heterocycles. The second-order valence-corrected chi connectivity index (χ2v) is 10.8. The number of hydrogen-bond acceptors (Lipinski definition) is 4. The molecule has 2 aromatic rings. The Kier molecular flexibility index (Phi) is 13.3. The van der Waals surface area contributed by atoms with Gasteiger partial charge in [0.05, 0.1) is 13.2 Å². The number of amides is 1. The van der Waals surface area contributed by atoms with Gasteiger partial charge in [0, 0.05) is 31.1 Å². The summed E-state index contributed by atoms with van der Waals surface area (Å²) >= 11 is 0. The summed E-state index contributed by atoms with van der Waals surface area (Å²) < 4.78 is 11.5. The highest BCUT2D eigenvalue weighted by molar-refractivity contribution is 5.99. The highest BCUT2D eigenvalue weighted by Gasteiger charge is 2.21. The monoisotopic (exact) mass is 535 g/mol. The maximum absolute atomic E-state index is 12.0. The number of carbonyl (C=O) groups is 2. The number of ketones is 1. The van der Waals surface area contributed by atoms with E-state index in [0.717, 1.165) is 79.2 Å². The third-order valence-corrected chi connectivity index (χ3v) is 7.13. The van der Waals surface area contributed by atoms with E-state index in [4.69, 9.17) is 9.47 Å². The Morgan fingerprint density at radius 1 is 0.897 bits per heavy atom. The van der Waals surface area contributed by atoms with Crippen LogP contribution in [0, 0.1) is 11.8 Å². The average Bonchev–Trinajstić information content (AvgIpc) is 3.07. The van der Waals surface area contributed by atoms with Gasteiger partial charge in [-0.2, -0.15) is 0 Å². The highest BCUT2D eigenvalue weighted by Crippen LogP contribution is 2.30. The Bertz CT molecular complexity index is 1100. The van der Waals surface area contributed by atoms with E-state index >= 15 is 0 Å². The van der Waals surface area contributed by atoms with Gasteiger partial charge in [-0.1, -0.05) is 60.1 Å². The maximum atomic E-state index is 12.0. The summed E-state index contributed by atoms with van der Waals surface area (Å²) in [6.07, 6.45) is 5.86. The number of nitrogens with zero attached hydrogens (tertiary/aromatic N) is 1. The number of fused-ring (bicyclic) bond motifs is 2. The third-order valence-electron chi connectivity index (χ3n) is 7.13. The molecule has 1 aliphatic carbocycles. The van der Waals surface area contributed by atoms with Crippen LogP contribution in [-0.2, 0) is 17.6 Å². The number of hydrogen-bond donors (Lipinski definition) is 0. The average molecular weight is 536 g/mol. The van der Waals surface area contributed by atoms with Crippen molar-refractivity contribution in [2.24, 2.45) is 11.8 Å². The van der Waals surface area contributed by atoms with Crippen molar-refractivity contribution in [1.29, 1.82) is 0 Å². The summed E-state index contributed by atoms with van der Waals surface area (Å²) in [7, 11) is 1.83. The van der Waals surface area contributed by atoms with Gasteiger partial charge in [0.25, 0.3) is 0 Å². The molecule has 4 rings (SSSR count). The van der Waals surface area contributed by atoms with Gasteiger partial charge in [0.2, 0.25) is 5.91 Å². The van der Waals surface area contributed by atoms with Crippen LogP contribution in [0.4, 0.5) is 5.69 Å². The molecule has 0 spiro atoms. The first-order valence-corrected chi connectivity index (χ1v) is 14.7. The van der Waals surface area contributed by atoms with Crippen LogP contribution in [0.3, 0.4) is 0 Å². The molecule has 39 heavy (non-hydrogen) atoms. The maximum Gasteiger partial charge on any atom is 0.227 e. The topological polar surface area (TPSA) is 55.8 Å². The van der Waals surface area contributed by atoms with Gasteiger partial charge in [0.15, 0.2) is 5.78 Å². The van der Waals surface area contributed by atoms with Crippen LogP contribution in [0.15, 0.2) is 48.6 Å². The van der Waals surface area contributed by atoms with Crippen LogP contribution in [0.2, 0.25) is 0 Å². The minimum absolute atomic E-state index is 0.186. The zero-order valence-corrected chi connectivity index (χ0v) is 25.3. The molecule has 0 saturated carbocycles. The quantitative estimate of drug-likeness (QED) is 0.252. The fraction of sp³-hybridized carbons (Fsp3) is 0.529. The van der Waals surface area contributed by atoms with E-state index in [-0.39, 0.29) is 11.7 Å². The lowest BCUT2D eigenvalue weighted by molar-refractivity contribution is -0.118. The minimum atomic E-state index is 0.186. The predicted octanol–water partition coefficient (Wildman–Crippen LogP) is 8.23. The van der Waals surface area contributed by atoms with Crippen molar-refractivity contribution in [3.05, 3.63) is 65.2 Å². The molecular formula is C34H49NO4. The van der Waals surface area contributed by atoms with Crippen LogP contribution >= 0.6 is 0 Å². The van der Waals surface area contributed by atoms with Crippen LogP contribution in [0.1, 0.15) is 95.1 Å². The summed E-state index contributed by atoms with van der Waals surface area (Å²) in [6, 6.07) is 11.8. The summed E-state index contributed by atoms with van der Waals surface area (Å²) in [6.45, 7) is 18.2. The first-order chi connectivity index (χ1) is 18.7. The third kappa shape index (κ3) is 9.87. The van der Waals surface area contributed by atoms with E-state index in [1.807, 2.05) is 51.2 Å². The molecule has 0 saturated heterocycles. The van der Waals surface area contributed by atoms with Crippen molar-refractivity contribution in [3.63, 3.8) is 0 Å².